The lowest BCUT2D eigenvalue weighted by Gasteiger charge is -2.29. The molecule has 5 atom stereocenters. The Morgan fingerprint density at radius 1 is 0.897 bits per heavy atom. The Balaban J connectivity index is 3.45. The topological polar surface area (TPSA) is 142 Å². The molecular weight excluding hydrogens is 502 g/mol. The monoisotopic (exact) mass is 549 g/mol. The first-order chi connectivity index (χ1) is 18.2. The van der Waals surface area contributed by atoms with Gasteiger partial charge in [0.2, 0.25) is 0 Å². The first kappa shape index (κ1) is 34.1. The van der Waals surface area contributed by atoms with Gasteiger partial charge in [0.05, 0.1) is 23.9 Å². The molecule has 1 aromatic carbocycles. The van der Waals surface area contributed by atoms with Crippen LogP contribution in [-0.4, -0.2) is 41.6 Å². The highest BCUT2D eigenvalue weighted by atomic mass is 16.6. The van der Waals surface area contributed by atoms with E-state index in [2.05, 4.69) is 0 Å². The molecule has 220 valence electrons. The molecule has 0 amide bonds. The fraction of sp³-hybridized carbons (Fsp3) is 0.667. The van der Waals surface area contributed by atoms with Crippen molar-refractivity contribution in [3.05, 3.63) is 23.8 Å². The van der Waals surface area contributed by atoms with Crippen LogP contribution in [0.1, 0.15) is 99.0 Å². The lowest BCUT2D eigenvalue weighted by atomic mass is 9.81. The van der Waals surface area contributed by atoms with Gasteiger partial charge in [-0.25, -0.2) is 0 Å². The Labute approximate surface area is 232 Å². The highest BCUT2D eigenvalue weighted by molar-refractivity contribution is 5.79. The Bertz CT molecular complexity index is 989. The predicted molar refractivity (Wildman–Crippen MR) is 148 cm³/mol. The number of carbonyl (C=O) groups is 4. The predicted octanol–water partition coefficient (Wildman–Crippen LogP) is 5.48. The minimum Gasteiger partial charge on any atom is -0.480 e. The quantitative estimate of drug-likeness (QED) is 0.202. The van der Waals surface area contributed by atoms with Gasteiger partial charge < -0.3 is 25.1 Å². The summed E-state index contributed by atoms with van der Waals surface area (Å²) < 4.78 is 16.8. The molecule has 0 aliphatic heterocycles. The summed E-state index contributed by atoms with van der Waals surface area (Å²) in [6.07, 6.45) is 3.43. The number of esters is 3. The molecule has 4 unspecified atom stereocenters. The first-order valence-electron chi connectivity index (χ1n) is 13.9. The highest BCUT2D eigenvalue weighted by Gasteiger charge is 2.34. The summed E-state index contributed by atoms with van der Waals surface area (Å²) in [5, 5.41) is 9.75. The summed E-state index contributed by atoms with van der Waals surface area (Å²) >= 11 is 0. The van der Waals surface area contributed by atoms with Gasteiger partial charge in [-0.15, -0.1) is 0 Å². The minimum absolute atomic E-state index is 0.0106. The number of carbonyl (C=O) groups excluding carboxylic acids is 3. The maximum Gasteiger partial charge on any atom is 0.321 e. The van der Waals surface area contributed by atoms with E-state index in [0.717, 1.165) is 12.8 Å². The average molecular weight is 550 g/mol. The van der Waals surface area contributed by atoms with Crippen LogP contribution in [0.3, 0.4) is 0 Å². The molecule has 0 saturated carbocycles. The minimum atomic E-state index is -1.33. The van der Waals surface area contributed by atoms with Crippen LogP contribution >= 0.6 is 0 Å². The van der Waals surface area contributed by atoms with Crippen LogP contribution < -0.4 is 15.2 Å². The lowest BCUT2D eigenvalue weighted by Crippen LogP contribution is -2.41. The van der Waals surface area contributed by atoms with Crippen molar-refractivity contribution in [1.82, 2.24) is 0 Å². The van der Waals surface area contributed by atoms with Crippen LogP contribution in [0.5, 0.6) is 11.5 Å². The van der Waals surface area contributed by atoms with Gasteiger partial charge >= 0.3 is 23.9 Å². The third-order valence-electron chi connectivity index (χ3n) is 7.22. The molecule has 39 heavy (non-hydrogen) atoms. The van der Waals surface area contributed by atoms with Gasteiger partial charge in [-0.3, -0.25) is 19.2 Å². The van der Waals surface area contributed by atoms with Crippen molar-refractivity contribution in [2.45, 2.75) is 99.5 Å². The van der Waals surface area contributed by atoms with E-state index in [9.17, 15) is 24.3 Å². The molecule has 9 heteroatoms. The molecule has 0 bridgehead atoms. The normalized spacial score (nSPS) is 15.4. The van der Waals surface area contributed by atoms with Gasteiger partial charge in [0, 0.05) is 5.92 Å². The van der Waals surface area contributed by atoms with E-state index < -0.39 is 47.1 Å². The molecule has 0 saturated heterocycles. The molecule has 3 N–H and O–H groups in total. The van der Waals surface area contributed by atoms with E-state index in [4.69, 9.17) is 19.9 Å². The Morgan fingerprint density at radius 2 is 1.41 bits per heavy atom. The zero-order valence-electron chi connectivity index (χ0n) is 24.7. The number of benzene rings is 1. The summed E-state index contributed by atoms with van der Waals surface area (Å²) in [4.78, 5) is 49.9. The molecule has 0 heterocycles. The Morgan fingerprint density at radius 3 is 1.87 bits per heavy atom. The second-order valence-corrected chi connectivity index (χ2v) is 11.1. The van der Waals surface area contributed by atoms with Crippen LogP contribution in [0.25, 0.3) is 0 Å². The van der Waals surface area contributed by atoms with E-state index in [-0.39, 0.29) is 30.0 Å². The van der Waals surface area contributed by atoms with Crippen LogP contribution in [0.4, 0.5) is 0 Å². The molecule has 0 aliphatic carbocycles. The fourth-order valence-electron chi connectivity index (χ4n) is 4.11. The zero-order valence-corrected chi connectivity index (χ0v) is 24.7. The van der Waals surface area contributed by atoms with E-state index in [1.54, 1.807) is 40.7 Å². The molecule has 1 aromatic rings. The lowest BCUT2D eigenvalue weighted by molar-refractivity contribution is -0.155. The van der Waals surface area contributed by atoms with E-state index in [0.29, 0.717) is 24.8 Å². The van der Waals surface area contributed by atoms with Crippen LogP contribution in [0.15, 0.2) is 18.2 Å². The summed E-state index contributed by atoms with van der Waals surface area (Å²) in [6.45, 7) is 14.6. The average Bonchev–Trinajstić information content (AvgIpc) is 2.88. The van der Waals surface area contributed by atoms with Gasteiger partial charge in [0.15, 0.2) is 11.5 Å². The van der Waals surface area contributed by atoms with Crippen molar-refractivity contribution < 1.29 is 38.5 Å². The number of carboxylic acid groups (broad SMARTS) is 1. The molecule has 9 nitrogen and oxygen atoms in total. The Kier molecular flexibility index (Phi) is 13.6. The van der Waals surface area contributed by atoms with Gasteiger partial charge in [0.1, 0.15) is 6.04 Å². The van der Waals surface area contributed by atoms with E-state index in [1.807, 2.05) is 20.8 Å². The first-order valence-corrected chi connectivity index (χ1v) is 13.9. The molecular formula is C30H47NO8. The van der Waals surface area contributed by atoms with E-state index >= 15 is 0 Å². The molecule has 0 fully saturated rings. The fourth-order valence-corrected chi connectivity index (χ4v) is 4.11. The third kappa shape index (κ3) is 9.95. The van der Waals surface area contributed by atoms with E-state index in [1.165, 1.54) is 12.1 Å². The number of ether oxygens (including phenoxy) is 3. The number of rotatable bonds is 16. The van der Waals surface area contributed by atoms with Crippen LogP contribution in [0.2, 0.25) is 0 Å². The van der Waals surface area contributed by atoms with Gasteiger partial charge in [-0.2, -0.15) is 0 Å². The maximum absolute atomic E-state index is 12.8. The second kappa shape index (κ2) is 15.6. The van der Waals surface area contributed by atoms with Gasteiger partial charge in [-0.1, -0.05) is 60.5 Å². The van der Waals surface area contributed by atoms with Crippen molar-refractivity contribution in [2.24, 2.45) is 28.9 Å². The summed E-state index contributed by atoms with van der Waals surface area (Å²) in [6, 6.07) is 3.24. The number of hydrogen-bond donors (Lipinski definition) is 2. The molecule has 0 aromatic heterocycles. The zero-order chi connectivity index (χ0) is 29.9. The molecule has 0 spiro atoms. The van der Waals surface area contributed by atoms with Crippen molar-refractivity contribution >= 4 is 23.9 Å². The third-order valence-corrected chi connectivity index (χ3v) is 7.22. The number of aliphatic carboxylic acids is 1. The summed E-state index contributed by atoms with van der Waals surface area (Å²) in [7, 11) is 0. The van der Waals surface area contributed by atoms with Crippen LogP contribution in [-0.2, 0) is 23.9 Å². The maximum atomic E-state index is 12.8. The molecule has 0 aliphatic rings. The number of hydrogen-bond acceptors (Lipinski definition) is 8. The van der Waals surface area contributed by atoms with Crippen molar-refractivity contribution in [1.29, 1.82) is 0 Å². The Hall–Kier alpha value is -2.94. The van der Waals surface area contributed by atoms with Crippen LogP contribution in [0, 0.1) is 23.2 Å². The summed E-state index contributed by atoms with van der Waals surface area (Å²) in [5.74, 6) is -4.52. The molecule has 0 radical (unpaired) electrons. The largest absolute Gasteiger partial charge is 0.480 e. The molecule has 1 rings (SSSR count). The van der Waals surface area contributed by atoms with Gasteiger partial charge in [-0.05, 0) is 56.7 Å². The van der Waals surface area contributed by atoms with Gasteiger partial charge in [0.25, 0.3) is 0 Å². The standard InChI is InChI=1S/C30H47NO8/c1-9-12-18(4)27(34)38-22-15-14-21(16-23(22)39-28(35)19(5)13-10-2)24(25(31)26(32)33)20(6)17-37-29(36)30(7,8)11-3/h14-16,18-20,24-25H,9-13,17,31H2,1-8H3,(H,32,33)/t18?,19?,20?,24?,25-/m0/s1. The summed E-state index contributed by atoms with van der Waals surface area (Å²) in [5.41, 5.74) is 5.88. The number of carboxylic acids is 1. The second-order valence-electron chi connectivity index (χ2n) is 11.1. The smallest absolute Gasteiger partial charge is 0.321 e. The van der Waals surface area contributed by atoms with Crippen molar-refractivity contribution in [2.75, 3.05) is 6.61 Å². The highest BCUT2D eigenvalue weighted by Crippen LogP contribution is 2.37. The van der Waals surface area contributed by atoms with Crippen molar-refractivity contribution in [3.8, 4) is 11.5 Å². The number of nitrogens with two attached hydrogens (primary N) is 1. The SMILES string of the molecule is CCCC(C)C(=O)Oc1ccc(C(C(C)COC(=O)C(C)(C)CC)[C@H](N)C(=O)O)cc1OC(=O)C(C)CCC. The van der Waals surface area contributed by atoms with Crippen molar-refractivity contribution in [3.63, 3.8) is 0 Å².